The maximum Gasteiger partial charge on any atom is -0.0171 e. The lowest BCUT2D eigenvalue weighted by Crippen LogP contribution is -1.90. The number of allylic oxidation sites excluding steroid dienone is 2. The topological polar surface area (TPSA) is 0 Å². The Hall–Kier alpha value is -5.98. The van der Waals surface area contributed by atoms with Crippen molar-refractivity contribution < 1.29 is 0 Å². The molecule has 0 unspecified atom stereocenters. The van der Waals surface area contributed by atoms with Gasteiger partial charge >= 0.3 is 0 Å². The van der Waals surface area contributed by atoms with Crippen LogP contribution in [0.1, 0.15) is 5.56 Å². The van der Waals surface area contributed by atoms with Crippen molar-refractivity contribution in [1.82, 2.24) is 0 Å². The van der Waals surface area contributed by atoms with Gasteiger partial charge in [0.1, 0.15) is 0 Å². The van der Waals surface area contributed by atoms with E-state index in [9.17, 15) is 0 Å². The normalized spacial score (nSPS) is 10.8. The van der Waals surface area contributed by atoms with Crippen LogP contribution < -0.4 is 0 Å². The maximum atomic E-state index is 4.33. The van der Waals surface area contributed by atoms with Crippen molar-refractivity contribution in [3.8, 4) is 66.8 Å². The number of hydrogen-bond donors (Lipinski definition) is 0. The molecule has 0 saturated heterocycles. The van der Waals surface area contributed by atoms with Crippen molar-refractivity contribution in [1.29, 1.82) is 0 Å². The van der Waals surface area contributed by atoms with E-state index in [0.29, 0.717) is 0 Å². The van der Waals surface area contributed by atoms with Gasteiger partial charge in [-0.25, -0.2) is 0 Å². The summed E-state index contributed by atoms with van der Waals surface area (Å²) in [6.45, 7) is 8.37. The van der Waals surface area contributed by atoms with Gasteiger partial charge in [-0.05, 0) is 126 Å². The van der Waals surface area contributed by atoms with Gasteiger partial charge in [0.25, 0.3) is 0 Å². The average Bonchev–Trinajstić information content (AvgIpc) is 3.15. The smallest absolute Gasteiger partial charge is 0.0171 e. The summed E-state index contributed by atoms with van der Waals surface area (Å²) in [7, 11) is 0. The van der Waals surface area contributed by atoms with Crippen LogP contribution >= 0.6 is 0 Å². The fourth-order valence-corrected chi connectivity index (χ4v) is 6.04. The van der Waals surface area contributed by atoms with Gasteiger partial charge in [-0.1, -0.05) is 147 Å². The first-order chi connectivity index (χ1) is 22.6. The van der Waals surface area contributed by atoms with Gasteiger partial charge in [-0.15, -0.1) is 0 Å². The van der Waals surface area contributed by atoms with Crippen LogP contribution in [0.4, 0.5) is 0 Å². The minimum Gasteiger partial charge on any atom is -0.0985 e. The summed E-state index contributed by atoms with van der Waals surface area (Å²) in [6, 6.07) is 63.0. The van der Waals surface area contributed by atoms with E-state index < -0.39 is 0 Å². The van der Waals surface area contributed by atoms with Crippen molar-refractivity contribution in [2.24, 2.45) is 0 Å². The number of rotatable bonds is 8. The Balaban J connectivity index is 1.36. The summed E-state index contributed by atoms with van der Waals surface area (Å²) in [5.74, 6) is 0. The molecule has 0 N–H and O–H groups in total. The van der Waals surface area contributed by atoms with Gasteiger partial charge in [0.15, 0.2) is 0 Å². The van der Waals surface area contributed by atoms with Gasteiger partial charge < -0.3 is 0 Å². The summed E-state index contributed by atoms with van der Waals surface area (Å²) in [5, 5.41) is 0. The van der Waals surface area contributed by atoms with Crippen molar-refractivity contribution in [3.05, 3.63) is 201 Å². The van der Waals surface area contributed by atoms with E-state index in [-0.39, 0.29) is 0 Å². The molecule has 0 aromatic heterocycles. The Labute approximate surface area is 272 Å². The predicted molar refractivity (Wildman–Crippen MR) is 198 cm³/mol. The Kier molecular flexibility index (Phi) is 8.09. The zero-order chi connectivity index (χ0) is 31.3. The molecule has 0 aliphatic carbocycles. The molecule has 0 bridgehead atoms. The van der Waals surface area contributed by atoms with Crippen LogP contribution in [-0.4, -0.2) is 0 Å². The summed E-state index contributed by atoms with van der Waals surface area (Å²) in [6.07, 6.45) is 1.84. The zero-order valence-corrected chi connectivity index (χ0v) is 25.7. The van der Waals surface area contributed by atoms with Crippen molar-refractivity contribution in [2.75, 3.05) is 0 Å². The highest BCUT2D eigenvalue weighted by Gasteiger charge is 2.12. The third-order valence-corrected chi connectivity index (χ3v) is 8.53. The third kappa shape index (κ3) is 6.15. The van der Waals surface area contributed by atoms with Gasteiger partial charge in [0, 0.05) is 0 Å². The molecule has 0 aliphatic heterocycles. The molecule has 0 amide bonds. The standard InChI is InChI=1S/C46H34/c1-3-33(2)41-27-44(40-24-14-23-39(26-40)38-22-13-21-37(25-38)34-15-7-4-8-16-34)32-45(28-41)46-30-42(35-17-9-5-10-18-35)29-43(31-46)36-19-11-6-12-20-36/h3-32H,1-2H2. The van der Waals surface area contributed by atoms with Crippen LogP contribution in [0.5, 0.6) is 0 Å². The van der Waals surface area contributed by atoms with E-state index in [1.54, 1.807) is 0 Å². The van der Waals surface area contributed by atoms with Gasteiger partial charge in [0.2, 0.25) is 0 Å². The van der Waals surface area contributed by atoms with Crippen molar-refractivity contribution in [2.45, 2.75) is 0 Å². The minimum atomic E-state index is 0.900. The molecule has 0 aliphatic rings. The molecule has 7 rings (SSSR count). The number of hydrogen-bond acceptors (Lipinski definition) is 0. The van der Waals surface area contributed by atoms with Gasteiger partial charge in [-0.2, -0.15) is 0 Å². The molecule has 218 valence electrons. The first-order valence-corrected chi connectivity index (χ1v) is 15.6. The Morgan fingerprint density at radius 2 is 0.565 bits per heavy atom. The van der Waals surface area contributed by atoms with E-state index in [2.05, 4.69) is 189 Å². The molecule has 46 heavy (non-hydrogen) atoms. The second kappa shape index (κ2) is 12.9. The van der Waals surface area contributed by atoms with Crippen molar-refractivity contribution >= 4 is 5.57 Å². The van der Waals surface area contributed by atoms with Crippen LogP contribution in [0.2, 0.25) is 0 Å². The number of benzene rings is 7. The van der Waals surface area contributed by atoms with E-state index in [4.69, 9.17) is 0 Å². The molecule has 0 nitrogen and oxygen atoms in total. The van der Waals surface area contributed by atoms with Crippen LogP contribution in [0.15, 0.2) is 195 Å². The molecule has 0 heterocycles. The first-order valence-electron chi connectivity index (χ1n) is 15.6. The van der Waals surface area contributed by atoms with Gasteiger partial charge in [-0.3, -0.25) is 0 Å². The summed E-state index contributed by atoms with van der Waals surface area (Å²) >= 11 is 0. The lowest BCUT2D eigenvalue weighted by Gasteiger charge is -2.15. The quantitative estimate of drug-likeness (QED) is 0.155. The molecule has 0 radical (unpaired) electrons. The summed E-state index contributed by atoms with van der Waals surface area (Å²) < 4.78 is 0. The van der Waals surface area contributed by atoms with E-state index >= 15 is 0 Å². The molecular weight excluding hydrogens is 553 g/mol. The van der Waals surface area contributed by atoms with E-state index in [1.165, 1.54) is 44.5 Å². The lowest BCUT2D eigenvalue weighted by molar-refractivity contribution is 1.53. The highest BCUT2D eigenvalue weighted by atomic mass is 14.2. The monoisotopic (exact) mass is 586 g/mol. The second-order valence-electron chi connectivity index (χ2n) is 11.6. The van der Waals surface area contributed by atoms with E-state index in [0.717, 1.165) is 33.4 Å². The van der Waals surface area contributed by atoms with Gasteiger partial charge in [0.05, 0.1) is 0 Å². The van der Waals surface area contributed by atoms with E-state index in [1.807, 2.05) is 6.08 Å². The summed E-state index contributed by atoms with van der Waals surface area (Å²) in [5.41, 5.74) is 16.1. The average molecular weight is 587 g/mol. The summed E-state index contributed by atoms with van der Waals surface area (Å²) in [4.78, 5) is 0. The molecule has 7 aromatic carbocycles. The molecule has 0 saturated carbocycles. The molecule has 0 spiro atoms. The van der Waals surface area contributed by atoms with Crippen LogP contribution in [0, 0.1) is 0 Å². The first kappa shape index (κ1) is 28.8. The maximum absolute atomic E-state index is 4.33. The van der Waals surface area contributed by atoms with Crippen LogP contribution in [-0.2, 0) is 0 Å². The minimum absolute atomic E-state index is 0.900. The fraction of sp³-hybridized carbons (Fsp3) is 0. The molecule has 0 heteroatoms. The lowest BCUT2D eigenvalue weighted by atomic mass is 9.89. The van der Waals surface area contributed by atoms with Crippen LogP contribution in [0.3, 0.4) is 0 Å². The highest BCUT2D eigenvalue weighted by Crippen LogP contribution is 2.37. The zero-order valence-electron chi connectivity index (χ0n) is 25.7. The Morgan fingerprint density at radius 3 is 0.978 bits per heavy atom. The van der Waals surface area contributed by atoms with Crippen LogP contribution in [0.25, 0.3) is 72.3 Å². The Morgan fingerprint density at radius 1 is 0.304 bits per heavy atom. The fourth-order valence-electron chi connectivity index (χ4n) is 6.04. The largest absolute Gasteiger partial charge is 0.0985 e. The highest BCUT2D eigenvalue weighted by molar-refractivity contribution is 5.87. The second-order valence-corrected chi connectivity index (χ2v) is 11.6. The SMILES string of the molecule is C=CC(=C)c1cc(-c2cccc(-c3cccc(-c4ccccc4)c3)c2)cc(-c2cc(-c3ccccc3)cc(-c3ccccc3)c2)c1. The Bertz CT molecular complexity index is 2090. The molecule has 7 aromatic rings. The predicted octanol–water partition coefficient (Wildman–Crippen LogP) is 12.9. The third-order valence-electron chi connectivity index (χ3n) is 8.53. The molecule has 0 atom stereocenters. The van der Waals surface area contributed by atoms with Crippen molar-refractivity contribution in [3.63, 3.8) is 0 Å². The molecule has 0 fully saturated rings. The molecular formula is C46H34.